The standard InChI is InChI=1S/C15H30N2O2/c1-3-5-8-16(9-6-4-2)10-7-11-17-13-14(18)12-15(17)19/h14,18H,3-13H2,1-2H3. The van der Waals surface area contributed by atoms with Crippen molar-refractivity contribution >= 4 is 5.91 Å². The lowest BCUT2D eigenvalue weighted by atomic mass is 10.2. The van der Waals surface area contributed by atoms with Crippen LogP contribution in [0.4, 0.5) is 0 Å². The number of carbonyl (C=O) groups is 1. The fourth-order valence-electron chi connectivity index (χ4n) is 2.55. The van der Waals surface area contributed by atoms with Crippen LogP contribution < -0.4 is 0 Å². The Morgan fingerprint density at radius 2 is 1.74 bits per heavy atom. The second-order valence-electron chi connectivity index (χ2n) is 5.60. The number of β-amino-alcohol motifs (C(OH)–C–C–N with tert-alkyl or cyclic N) is 1. The lowest BCUT2D eigenvalue weighted by Gasteiger charge is -2.23. The van der Waals surface area contributed by atoms with Gasteiger partial charge in [-0.3, -0.25) is 4.79 Å². The van der Waals surface area contributed by atoms with E-state index >= 15 is 0 Å². The van der Waals surface area contributed by atoms with Crippen LogP contribution in [-0.2, 0) is 4.79 Å². The lowest BCUT2D eigenvalue weighted by molar-refractivity contribution is -0.127. The zero-order chi connectivity index (χ0) is 14.1. The fraction of sp³-hybridized carbons (Fsp3) is 0.933. The van der Waals surface area contributed by atoms with Crippen molar-refractivity contribution < 1.29 is 9.90 Å². The van der Waals surface area contributed by atoms with Gasteiger partial charge in [0.05, 0.1) is 12.5 Å². The minimum atomic E-state index is -0.441. The molecule has 1 N–H and O–H groups in total. The average Bonchev–Trinajstić information content (AvgIpc) is 2.70. The topological polar surface area (TPSA) is 43.8 Å². The minimum absolute atomic E-state index is 0.112. The third kappa shape index (κ3) is 6.39. The largest absolute Gasteiger partial charge is 0.391 e. The zero-order valence-corrected chi connectivity index (χ0v) is 12.6. The van der Waals surface area contributed by atoms with E-state index in [2.05, 4.69) is 18.7 Å². The number of aliphatic hydroxyl groups excluding tert-OH is 1. The maximum Gasteiger partial charge on any atom is 0.225 e. The van der Waals surface area contributed by atoms with Gasteiger partial charge >= 0.3 is 0 Å². The number of likely N-dealkylation sites (tertiary alicyclic amines) is 1. The highest BCUT2D eigenvalue weighted by atomic mass is 16.3. The van der Waals surface area contributed by atoms with E-state index in [1.54, 1.807) is 0 Å². The maximum atomic E-state index is 11.6. The van der Waals surface area contributed by atoms with Crippen LogP contribution in [0.1, 0.15) is 52.4 Å². The Morgan fingerprint density at radius 1 is 1.16 bits per heavy atom. The molecule has 1 amide bonds. The zero-order valence-electron chi connectivity index (χ0n) is 12.6. The Labute approximate surface area is 117 Å². The quantitative estimate of drug-likeness (QED) is 0.659. The number of hydrogen-bond donors (Lipinski definition) is 1. The highest BCUT2D eigenvalue weighted by Crippen LogP contribution is 2.11. The molecule has 1 fully saturated rings. The number of carbonyl (C=O) groups excluding carboxylic acids is 1. The Hall–Kier alpha value is -0.610. The Balaban J connectivity index is 2.21. The van der Waals surface area contributed by atoms with E-state index in [-0.39, 0.29) is 5.91 Å². The maximum absolute atomic E-state index is 11.6. The van der Waals surface area contributed by atoms with Crippen molar-refractivity contribution in [2.24, 2.45) is 0 Å². The molecule has 0 spiro atoms. The van der Waals surface area contributed by atoms with Gasteiger partial charge in [0.15, 0.2) is 0 Å². The molecule has 1 heterocycles. The van der Waals surface area contributed by atoms with E-state index in [1.165, 1.54) is 38.8 Å². The number of rotatable bonds is 10. The summed E-state index contributed by atoms with van der Waals surface area (Å²) in [7, 11) is 0. The van der Waals surface area contributed by atoms with E-state index in [9.17, 15) is 9.90 Å². The van der Waals surface area contributed by atoms with Gasteiger partial charge in [-0.05, 0) is 38.9 Å². The van der Waals surface area contributed by atoms with E-state index in [4.69, 9.17) is 0 Å². The molecular formula is C15H30N2O2. The molecule has 1 rings (SSSR count). The number of aliphatic hydroxyl groups is 1. The highest BCUT2D eigenvalue weighted by Gasteiger charge is 2.27. The summed E-state index contributed by atoms with van der Waals surface area (Å²) >= 11 is 0. The van der Waals surface area contributed by atoms with E-state index in [0.29, 0.717) is 13.0 Å². The normalized spacial score (nSPS) is 19.7. The molecule has 19 heavy (non-hydrogen) atoms. The van der Waals surface area contributed by atoms with Gasteiger partial charge in [0.1, 0.15) is 0 Å². The highest BCUT2D eigenvalue weighted by molar-refractivity contribution is 5.78. The summed E-state index contributed by atoms with van der Waals surface area (Å²) < 4.78 is 0. The van der Waals surface area contributed by atoms with Crippen molar-refractivity contribution in [3.8, 4) is 0 Å². The molecule has 1 aliphatic heterocycles. The summed E-state index contributed by atoms with van der Waals surface area (Å²) in [5.41, 5.74) is 0. The molecule has 0 aromatic heterocycles. The number of nitrogens with zero attached hydrogens (tertiary/aromatic N) is 2. The van der Waals surface area contributed by atoms with Gasteiger partial charge in [0.2, 0.25) is 5.91 Å². The van der Waals surface area contributed by atoms with Crippen molar-refractivity contribution in [3.05, 3.63) is 0 Å². The molecule has 1 aliphatic rings. The van der Waals surface area contributed by atoms with Gasteiger partial charge in [-0.2, -0.15) is 0 Å². The number of amides is 1. The predicted octanol–water partition coefficient (Wildman–Crippen LogP) is 1.87. The summed E-state index contributed by atoms with van der Waals surface area (Å²) in [5.74, 6) is 0.112. The molecular weight excluding hydrogens is 240 g/mol. The predicted molar refractivity (Wildman–Crippen MR) is 78.1 cm³/mol. The first-order valence-electron chi connectivity index (χ1n) is 7.85. The van der Waals surface area contributed by atoms with E-state index in [0.717, 1.165) is 19.5 Å². The molecule has 0 aromatic rings. The lowest BCUT2D eigenvalue weighted by Crippen LogP contribution is -2.32. The SMILES string of the molecule is CCCCN(CCCC)CCCN1CC(O)CC1=O. The van der Waals surface area contributed by atoms with Gasteiger partial charge in [-0.25, -0.2) is 0 Å². The monoisotopic (exact) mass is 270 g/mol. The second kappa shape index (κ2) is 9.32. The molecule has 0 radical (unpaired) electrons. The third-order valence-corrected chi connectivity index (χ3v) is 3.75. The first kappa shape index (κ1) is 16.4. The number of hydrogen-bond acceptors (Lipinski definition) is 3. The smallest absolute Gasteiger partial charge is 0.225 e. The molecule has 0 aromatic carbocycles. The first-order chi connectivity index (χ1) is 9.17. The van der Waals surface area contributed by atoms with Crippen LogP contribution in [-0.4, -0.2) is 59.6 Å². The fourth-order valence-corrected chi connectivity index (χ4v) is 2.55. The van der Waals surface area contributed by atoms with Crippen molar-refractivity contribution in [1.29, 1.82) is 0 Å². The molecule has 1 unspecified atom stereocenters. The van der Waals surface area contributed by atoms with Crippen LogP contribution in [0.2, 0.25) is 0 Å². The Kier molecular flexibility index (Phi) is 8.07. The van der Waals surface area contributed by atoms with Gasteiger partial charge in [-0.15, -0.1) is 0 Å². The van der Waals surface area contributed by atoms with Gasteiger partial charge in [0, 0.05) is 13.1 Å². The summed E-state index contributed by atoms with van der Waals surface area (Å²) in [6.07, 6.45) is 5.87. The molecule has 112 valence electrons. The van der Waals surface area contributed by atoms with Gasteiger partial charge in [0.25, 0.3) is 0 Å². The average molecular weight is 270 g/mol. The van der Waals surface area contributed by atoms with Crippen LogP contribution in [0.15, 0.2) is 0 Å². The summed E-state index contributed by atoms with van der Waals surface area (Å²) in [4.78, 5) is 15.9. The van der Waals surface area contributed by atoms with E-state index < -0.39 is 6.10 Å². The van der Waals surface area contributed by atoms with Crippen molar-refractivity contribution in [2.45, 2.75) is 58.5 Å². The Bertz CT molecular complexity index is 251. The van der Waals surface area contributed by atoms with Crippen molar-refractivity contribution in [1.82, 2.24) is 9.80 Å². The van der Waals surface area contributed by atoms with Crippen molar-refractivity contribution in [2.75, 3.05) is 32.7 Å². The Morgan fingerprint density at radius 3 is 2.21 bits per heavy atom. The molecule has 0 aliphatic carbocycles. The minimum Gasteiger partial charge on any atom is -0.391 e. The summed E-state index contributed by atoms with van der Waals surface area (Å²) in [5, 5.41) is 9.44. The second-order valence-corrected chi connectivity index (χ2v) is 5.60. The summed E-state index contributed by atoms with van der Waals surface area (Å²) in [6.45, 7) is 9.19. The molecule has 0 saturated carbocycles. The molecule has 1 atom stereocenters. The summed E-state index contributed by atoms with van der Waals surface area (Å²) in [6, 6.07) is 0. The van der Waals surface area contributed by atoms with E-state index in [1.807, 2.05) is 4.90 Å². The van der Waals surface area contributed by atoms with Crippen molar-refractivity contribution in [3.63, 3.8) is 0 Å². The van der Waals surface area contributed by atoms with Crippen LogP contribution in [0.25, 0.3) is 0 Å². The van der Waals surface area contributed by atoms with Crippen LogP contribution in [0.5, 0.6) is 0 Å². The molecule has 0 bridgehead atoms. The van der Waals surface area contributed by atoms with Crippen LogP contribution in [0, 0.1) is 0 Å². The van der Waals surface area contributed by atoms with Crippen LogP contribution in [0.3, 0.4) is 0 Å². The van der Waals surface area contributed by atoms with Crippen LogP contribution >= 0.6 is 0 Å². The molecule has 4 heteroatoms. The third-order valence-electron chi connectivity index (χ3n) is 3.75. The van der Waals surface area contributed by atoms with Gasteiger partial charge in [-0.1, -0.05) is 26.7 Å². The molecule has 1 saturated heterocycles. The first-order valence-corrected chi connectivity index (χ1v) is 7.85. The van der Waals surface area contributed by atoms with Gasteiger partial charge < -0.3 is 14.9 Å². The molecule has 4 nitrogen and oxygen atoms in total. The number of unbranched alkanes of at least 4 members (excludes halogenated alkanes) is 2.